The Balaban J connectivity index is 1.87. The lowest BCUT2D eigenvalue weighted by Gasteiger charge is -2.34. The van der Waals surface area contributed by atoms with Gasteiger partial charge in [0.05, 0.1) is 24.9 Å². The van der Waals surface area contributed by atoms with E-state index >= 15 is 0 Å². The van der Waals surface area contributed by atoms with Crippen molar-refractivity contribution in [2.75, 3.05) is 31.7 Å². The molecule has 2 aliphatic rings. The fourth-order valence-corrected chi connectivity index (χ4v) is 4.40. The molecule has 0 amide bonds. The van der Waals surface area contributed by atoms with Crippen LogP contribution >= 0.6 is 11.3 Å². The van der Waals surface area contributed by atoms with Crippen molar-refractivity contribution in [1.29, 1.82) is 0 Å². The quantitative estimate of drug-likeness (QED) is 0.923. The molecule has 19 heavy (non-hydrogen) atoms. The van der Waals surface area contributed by atoms with Crippen LogP contribution in [0.2, 0.25) is 0 Å². The van der Waals surface area contributed by atoms with E-state index in [-0.39, 0.29) is 0 Å². The maximum atomic E-state index is 5.59. The highest BCUT2D eigenvalue weighted by molar-refractivity contribution is 7.15. The van der Waals surface area contributed by atoms with Crippen LogP contribution in [0.1, 0.15) is 42.8 Å². The number of aromatic nitrogens is 1. The van der Waals surface area contributed by atoms with Gasteiger partial charge in [-0.3, -0.25) is 0 Å². The first-order valence-corrected chi connectivity index (χ1v) is 8.16. The molecular formula is C14H23N3OS. The molecule has 0 radical (unpaired) electrons. The highest BCUT2D eigenvalue weighted by Gasteiger charge is 2.28. The molecule has 1 aromatic rings. The van der Waals surface area contributed by atoms with Gasteiger partial charge in [-0.25, -0.2) is 4.98 Å². The smallest absolute Gasteiger partial charge is 0.186 e. The molecule has 5 heteroatoms. The van der Waals surface area contributed by atoms with Crippen molar-refractivity contribution < 1.29 is 4.74 Å². The summed E-state index contributed by atoms with van der Waals surface area (Å²) in [6, 6.07) is 1.01. The van der Waals surface area contributed by atoms with Crippen LogP contribution in [0.4, 0.5) is 5.13 Å². The largest absolute Gasteiger partial charge is 0.377 e. The molecule has 3 rings (SSSR count). The molecule has 1 saturated heterocycles. The van der Waals surface area contributed by atoms with Crippen molar-refractivity contribution in [1.82, 2.24) is 10.3 Å². The molecule has 0 saturated carbocycles. The van der Waals surface area contributed by atoms with E-state index in [4.69, 9.17) is 9.72 Å². The average Bonchev–Trinajstić information content (AvgIpc) is 2.90. The molecule has 4 nitrogen and oxygen atoms in total. The number of ether oxygens (including phenoxy) is 1. The number of fused-ring (bicyclic) bond motifs is 1. The molecule has 1 fully saturated rings. The minimum Gasteiger partial charge on any atom is -0.377 e. The Labute approximate surface area is 119 Å². The zero-order valence-corrected chi connectivity index (χ0v) is 12.6. The summed E-state index contributed by atoms with van der Waals surface area (Å²) in [7, 11) is 2.06. The molecular weight excluding hydrogens is 258 g/mol. The van der Waals surface area contributed by atoms with Crippen molar-refractivity contribution in [3.63, 3.8) is 0 Å². The number of hydrogen-bond acceptors (Lipinski definition) is 5. The standard InChI is InChI=1S/C14H23N3OS/c1-3-10-9-18-8-7-17(10)14-16-12-6-4-5-11(15-2)13(12)19-14/h10-11,15H,3-9H2,1-2H3. The van der Waals surface area contributed by atoms with Crippen molar-refractivity contribution in [2.24, 2.45) is 0 Å². The predicted octanol–water partition coefficient (Wildman–Crippen LogP) is 2.36. The fourth-order valence-electron chi connectivity index (χ4n) is 3.05. The van der Waals surface area contributed by atoms with Gasteiger partial charge in [-0.15, -0.1) is 0 Å². The third-order valence-corrected chi connectivity index (χ3v) is 5.48. The lowest BCUT2D eigenvalue weighted by atomic mass is 9.98. The van der Waals surface area contributed by atoms with Crippen molar-refractivity contribution in [3.05, 3.63) is 10.6 Å². The third-order valence-electron chi connectivity index (χ3n) is 4.23. The van der Waals surface area contributed by atoms with E-state index in [1.165, 1.54) is 28.5 Å². The van der Waals surface area contributed by atoms with Gasteiger partial charge in [-0.2, -0.15) is 0 Å². The normalized spacial score (nSPS) is 27.4. The molecule has 2 heterocycles. The number of aryl methyl sites for hydroxylation is 1. The van der Waals surface area contributed by atoms with Crippen LogP contribution in [0, 0.1) is 0 Å². The number of nitrogens with one attached hydrogen (secondary N) is 1. The summed E-state index contributed by atoms with van der Waals surface area (Å²) in [5.74, 6) is 0. The number of nitrogens with zero attached hydrogens (tertiary/aromatic N) is 2. The number of hydrogen-bond donors (Lipinski definition) is 1. The van der Waals surface area contributed by atoms with Gasteiger partial charge in [0, 0.05) is 17.5 Å². The van der Waals surface area contributed by atoms with Gasteiger partial charge in [0.25, 0.3) is 0 Å². The second-order valence-corrected chi connectivity index (χ2v) is 6.38. The molecule has 1 aromatic heterocycles. The van der Waals surface area contributed by atoms with E-state index in [1.54, 1.807) is 0 Å². The lowest BCUT2D eigenvalue weighted by Crippen LogP contribution is -2.45. The Morgan fingerprint density at radius 3 is 3.21 bits per heavy atom. The number of rotatable bonds is 3. The molecule has 0 bridgehead atoms. The van der Waals surface area contributed by atoms with Crippen molar-refractivity contribution >= 4 is 16.5 Å². The maximum Gasteiger partial charge on any atom is 0.186 e. The topological polar surface area (TPSA) is 37.4 Å². The predicted molar refractivity (Wildman–Crippen MR) is 79.1 cm³/mol. The maximum absolute atomic E-state index is 5.59. The summed E-state index contributed by atoms with van der Waals surface area (Å²) >= 11 is 1.89. The zero-order chi connectivity index (χ0) is 13.2. The van der Waals surface area contributed by atoms with E-state index in [9.17, 15) is 0 Å². The Hall–Kier alpha value is -0.650. The van der Waals surface area contributed by atoms with E-state index in [2.05, 4.69) is 24.2 Å². The lowest BCUT2D eigenvalue weighted by molar-refractivity contribution is 0.0929. The first-order chi connectivity index (χ1) is 9.33. The Morgan fingerprint density at radius 1 is 1.53 bits per heavy atom. The monoisotopic (exact) mass is 281 g/mol. The Morgan fingerprint density at radius 2 is 2.42 bits per heavy atom. The third kappa shape index (κ3) is 2.51. The molecule has 1 aliphatic carbocycles. The molecule has 2 unspecified atom stereocenters. The highest BCUT2D eigenvalue weighted by atomic mass is 32.1. The van der Waals surface area contributed by atoms with E-state index in [0.717, 1.165) is 32.6 Å². The van der Waals surface area contributed by atoms with E-state index in [0.29, 0.717) is 12.1 Å². The van der Waals surface area contributed by atoms with Gasteiger partial charge >= 0.3 is 0 Å². The van der Waals surface area contributed by atoms with Crippen molar-refractivity contribution in [3.8, 4) is 0 Å². The minimum atomic E-state index is 0.495. The summed E-state index contributed by atoms with van der Waals surface area (Å²) in [5.41, 5.74) is 1.33. The molecule has 0 aromatic carbocycles. The summed E-state index contributed by atoms with van der Waals surface area (Å²) in [5, 5.41) is 4.64. The van der Waals surface area contributed by atoms with E-state index in [1.807, 2.05) is 11.3 Å². The summed E-state index contributed by atoms with van der Waals surface area (Å²) < 4.78 is 5.59. The highest BCUT2D eigenvalue weighted by Crippen LogP contribution is 2.38. The van der Waals surface area contributed by atoms with Gasteiger partial charge < -0.3 is 15.0 Å². The van der Waals surface area contributed by atoms with Crippen LogP contribution < -0.4 is 10.2 Å². The van der Waals surface area contributed by atoms with Gasteiger partial charge in [0.15, 0.2) is 5.13 Å². The molecule has 0 spiro atoms. The number of thiazole rings is 1. The van der Waals surface area contributed by atoms with Crippen LogP contribution in [0.5, 0.6) is 0 Å². The minimum absolute atomic E-state index is 0.495. The molecule has 1 aliphatic heterocycles. The van der Waals surface area contributed by atoms with Gasteiger partial charge in [0.1, 0.15) is 0 Å². The summed E-state index contributed by atoms with van der Waals surface area (Å²) in [4.78, 5) is 8.84. The average molecular weight is 281 g/mol. The molecule has 106 valence electrons. The van der Waals surface area contributed by atoms with Gasteiger partial charge in [-0.05, 0) is 32.7 Å². The number of morpholine rings is 1. The SMILES string of the molecule is CCC1COCCN1c1nc2c(s1)C(NC)CCC2. The molecule has 2 atom stereocenters. The van der Waals surface area contributed by atoms with Crippen LogP contribution in [0.3, 0.4) is 0 Å². The first-order valence-electron chi connectivity index (χ1n) is 7.34. The van der Waals surface area contributed by atoms with Crippen LogP contribution in [-0.4, -0.2) is 37.8 Å². The fraction of sp³-hybridized carbons (Fsp3) is 0.786. The van der Waals surface area contributed by atoms with Gasteiger partial charge in [0.2, 0.25) is 0 Å². The van der Waals surface area contributed by atoms with E-state index < -0.39 is 0 Å². The molecule has 1 N–H and O–H groups in total. The zero-order valence-electron chi connectivity index (χ0n) is 11.8. The Bertz CT molecular complexity index is 434. The Kier molecular flexibility index (Phi) is 4.05. The first kappa shape index (κ1) is 13.3. The summed E-state index contributed by atoms with van der Waals surface area (Å²) in [6.45, 7) is 4.89. The van der Waals surface area contributed by atoms with Gasteiger partial charge in [-0.1, -0.05) is 18.3 Å². The number of anilines is 1. The summed E-state index contributed by atoms with van der Waals surface area (Å²) in [6.07, 6.45) is 4.76. The van der Waals surface area contributed by atoms with Crippen LogP contribution in [-0.2, 0) is 11.2 Å². The van der Waals surface area contributed by atoms with Crippen molar-refractivity contribution in [2.45, 2.75) is 44.7 Å². The second kappa shape index (κ2) is 5.77. The van der Waals surface area contributed by atoms with Crippen LogP contribution in [0.15, 0.2) is 0 Å². The second-order valence-electron chi connectivity index (χ2n) is 5.37. The van der Waals surface area contributed by atoms with Crippen LogP contribution in [0.25, 0.3) is 0 Å².